The van der Waals surface area contributed by atoms with Crippen molar-refractivity contribution in [3.8, 4) is 0 Å². The second-order valence-corrected chi connectivity index (χ2v) is 4.99. The van der Waals surface area contributed by atoms with Crippen molar-refractivity contribution in [2.24, 2.45) is 0 Å². The van der Waals surface area contributed by atoms with E-state index >= 15 is 0 Å². The molecule has 2 nitrogen and oxygen atoms in total. The lowest BCUT2D eigenvalue weighted by molar-refractivity contribution is 0.0992. The SMILES string of the molecule is Cc1ccc(C(=O)Cc2cncc(Br)c2)cc1F. The molecule has 1 aromatic heterocycles. The van der Waals surface area contributed by atoms with E-state index in [0.717, 1.165) is 10.0 Å². The Morgan fingerprint density at radius 2 is 2.11 bits per heavy atom. The van der Waals surface area contributed by atoms with E-state index in [1.54, 1.807) is 31.5 Å². The Kier molecular flexibility index (Phi) is 3.87. The quantitative estimate of drug-likeness (QED) is 0.809. The molecule has 0 aliphatic rings. The lowest BCUT2D eigenvalue weighted by atomic mass is 10.0. The van der Waals surface area contributed by atoms with Gasteiger partial charge in [0.15, 0.2) is 5.78 Å². The average Bonchev–Trinajstić information content (AvgIpc) is 2.32. The molecule has 0 amide bonds. The highest BCUT2D eigenvalue weighted by atomic mass is 79.9. The molecule has 1 aromatic carbocycles. The first-order valence-corrected chi connectivity index (χ1v) is 6.24. The molecular weight excluding hydrogens is 297 g/mol. The highest BCUT2D eigenvalue weighted by Crippen LogP contribution is 2.14. The number of hydrogen-bond donors (Lipinski definition) is 0. The van der Waals surface area contributed by atoms with Crippen molar-refractivity contribution >= 4 is 21.7 Å². The molecule has 92 valence electrons. The number of carbonyl (C=O) groups is 1. The number of benzene rings is 1. The summed E-state index contributed by atoms with van der Waals surface area (Å²) in [5.74, 6) is -0.470. The van der Waals surface area contributed by atoms with Crippen LogP contribution >= 0.6 is 15.9 Å². The van der Waals surface area contributed by atoms with E-state index in [1.165, 1.54) is 6.07 Å². The maximum absolute atomic E-state index is 13.4. The van der Waals surface area contributed by atoms with Crippen LogP contribution in [-0.2, 0) is 6.42 Å². The molecule has 18 heavy (non-hydrogen) atoms. The third-order valence-corrected chi connectivity index (χ3v) is 3.05. The van der Waals surface area contributed by atoms with E-state index in [4.69, 9.17) is 0 Å². The molecule has 2 rings (SSSR count). The van der Waals surface area contributed by atoms with Crippen molar-refractivity contribution in [3.05, 3.63) is 63.6 Å². The second kappa shape index (κ2) is 5.40. The summed E-state index contributed by atoms with van der Waals surface area (Å²) in [7, 11) is 0. The molecule has 0 radical (unpaired) electrons. The predicted molar refractivity (Wildman–Crippen MR) is 71.1 cm³/mol. The van der Waals surface area contributed by atoms with E-state index in [9.17, 15) is 9.18 Å². The molecule has 0 spiro atoms. The highest BCUT2D eigenvalue weighted by Gasteiger charge is 2.09. The van der Waals surface area contributed by atoms with Crippen LogP contribution in [0.1, 0.15) is 21.5 Å². The van der Waals surface area contributed by atoms with Gasteiger partial charge in [-0.15, -0.1) is 0 Å². The zero-order valence-corrected chi connectivity index (χ0v) is 11.4. The van der Waals surface area contributed by atoms with Crippen LogP contribution in [0.2, 0.25) is 0 Å². The fourth-order valence-corrected chi connectivity index (χ4v) is 2.02. The van der Waals surface area contributed by atoms with Gasteiger partial charge in [0.1, 0.15) is 5.82 Å². The fourth-order valence-electron chi connectivity index (χ4n) is 1.61. The number of nitrogens with zero attached hydrogens (tertiary/aromatic N) is 1. The molecule has 0 aliphatic heterocycles. The molecular formula is C14H11BrFNO. The molecule has 0 saturated carbocycles. The largest absolute Gasteiger partial charge is 0.294 e. The molecule has 2 aromatic rings. The predicted octanol–water partition coefficient (Wildman–Crippen LogP) is 3.72. The van der Waals surface area contributed by atoms with Crippen molar-refractivity contribution < 1.29 is 9.18 Å². The zero-order valence-electron chi connectivity index (χ0n) is 9.78. The Hall–Kier alpha value is -1.55. The molecule has 0 atom stereocenters. The van der Waals surface area contributed by atoms with Crippen LogP contribution in [0.15, 0.2) is 41.1 Å². The Morgan fingerprint density at radius 3 is 2.78 bits per heavy atom. The summed E-state index contributed by atoms with van der Waals surface area (Å²) in [6.07, 6.45) is 3.50. The van der Waals surface area contributed by atoms with Crippen LogP contribution in [0.3, 0.4) is 0 Å². The summed E-state index contributed by atoms with van der Waals surface area (Å²) in [5.41, 5.74) is 1.73. The molecule has 1 heterocycles. The number of aromatic nitrogens is 1. The molecule has 0 saturated heterocycles. The van der Waals surface area contributed by atoms with Gasteiger partial charge in [0, 0.05) is 28.9 Å². The molecule has 4 heteroatoms. The van der Waals surface area contributed by atoms with Crippen molar-refractivity contribution in [2.45, 2.75) is 13.3 Å². The van der Waals surface area contributed by atoms with Gasteiger partial charge in [0.2, 0.25) is 0 Å². The van der Waals surface area contributed by atoms with Crippen LogP contribution in [0.25, 0.3) is 0 Å². The minimum absolute atomic E-state index is 0.117. The van der Waals surface area contributed by atoms with Crippen LogP contribution in [-0.4, -0.2) is 10.8 Å². The monoisotopic (exact) mass is 307 g/mol. The molecule has 0 bridgehead atoms. The topological polar surface area (TPSA) is 30.0 Å². The van der Waals surface area contributed by atoms with Gasteiger partial charge >= 0.3 is 0 Å². The van der Waals surface area contributed by atoms with E-state index in [-0.39, 0.29) is 18.0 Å². The Balaban J connectivity index is 2.19. The van der Waals surface area contributed by atoms with Crippen molar-refractivity contribution in [1.82, 2.24) is 4.98 Å². The highest BCUT2D eigenvalue weighted by molar-refractivity contribution is 9.10. The molecule has 0 N–H and O–H groups in total. The smallest absolute Gasteiger partial charge is 0.167 e. The third kappa shape index (κ3) is 3.01. The van der Waals surface area contributed by atoms with Crippen LogP contribution in [0, 0.1) is 12.7 Å². The Morgan fingerprint density at radius 1 is 1.33 bits per heavy atom. The number of halogens is 2. The number of rotatable bonds is 3. The van der Waals surface area contributed by atoms with E-state index in [2.05, 4.69) is 20.9 Å². The van der Waals surface area contributed by atoms with E-state index < -0.39 is 0 Å². The van der Waals surface area contributed by atoms with Gasteiger partial charge in [-0.3, -0.25) is 9.78 Å². The van der Waals surface area contributed by atoms with Crippen molar-refractivity contribution in [1.29, 1.82) is 0 Å². The number of hydrogen-bond acceptors (Lipinski definition) is 2. The number of aryl methyl sites for hydroxylation is 1. The number of ketones is 1. The standard InChI is InChI=1S/C14H11BrFNO/c1-9-2-3-11(6-13(9)16)14(18)5-10-4-12(15)8-17-7-10/h2-4,6-8H,5H2,1H3. The van der Waals surface area contributed by atoms with Gasteiger partial charge in [-0.2, -0.15) is 0 Å². The first-order chi connectivity index (χ1) is 8.56. The normalized spacial score (nSPS) is 10.4. The van der Waals surface area contributed by atoms with Gasteiger partial charge in [0.25, 0.3) is 0 Å². The summed E-state index contributed by atoms with van der Waals surface area (Å²) in [5, 5.41) is 0. The maximum Gasteiger partial charge on any atom is 0.167 e. The molecule has 0 fully saturated rings. The van der Waals surface area contributed by atoms with Gasteiger partial charge in [-0.25, -0.2) is 4.39 Å². The van der Waals surface area contributed by atoms with Crippen molar-refractivity contribution in [2.75, 3.05) is 0 Å². The van der Waals surface area contributed by atoms with Gasteiger partial charge in [-0.05, 0) is 46.1 Å². The van der Waals surface area contributed by atoms with E-state index in [0.29, 0.717) is 11.1 Å². The first-order valence-electron chi connectivity index (χ1n) is 5.45. The lowest BCUT2D eigenvalue weighted by Gasteiger charge is -2.03. The first kappa shape index (κ1) is 12.9. The van der Waals surface area contributed by atoms with Crippen LogP contribution < -0.4 is 0 Å². The summed E-state index contributed by atoms with van der Waals surface area (Å²) >= 11 is 3.30. The zero-order chi connectivity index (χ0) is 13.1. The summed E-state index contributed by atoms with van der Waals surface area (Å²) < 4.78 is 14.2. The lowest BCUT2D eigenvalue weighted by Crippen LogP contribution is -2.04. The van der Waals surface area contributed by atoms with Crippen LogP contribution in [0.5, 0.6) is 0 Å². The van der Waals surface area contributed by atoms with E-state index in [1.807, 2.05) is 6.07 Å². The Labute approximate surface area is 113 Å². The van der Waals surface area contributed by atoms with Gasteiger partial charge < -0.3 is 0 Å². The van der Waals surface area contributed by atoms with Crippen molar-refractivity contribution in [3.63, 3.8) is 0 Å². The number of Topliss-reactive ketones (excluding diaryl/α,β-unsaturated/α-hetero) is 1. The maximum atomic E-state index is 13.4. The summed E-state index contributed by atoms with van der Waals surface area (Å²) in [4.78, 5) is 16.0. The van der Waals surface area contributed by atoms with Crippen LogP contribution in [0.4, 0.5) is 4.39 Å². The van der Waals surface area contributed by atoms with Gasteiger partial charge in [-0.1, -0.05) is 12.1 Å². The molecule has 0 unspecified atom stereocenters. The number of carbonyl (C=O) groups excluding carboxylic acids is 1. The third-order valence-electron chi connectivity index (χ3n) is 2.62. The average molecular weight is 308 g/mol. The Bertz CT molecular complexity index is 598. The number of pyridine rings is 1. The minimum atomic E-state index is -0.354. The van der Waals surface area contributed by atoms with Gasteiger partial charge in [0.05, 0.1) is 0 Å². The summed E-state index contributed by atoms with van der Waals surface area (Å²) in [6.45, 7) is 1.67. The summed E-state index contributed by atoms with van der Waals surface area (Å²) in [6, 6.07) is 6.37. The second-order valence-electron chi connectivity index (χ2n) is 4.08. The minimum Gasteiger partial charge on any atom is -0.294 e. The fraction of sp³-hybridized carbons (Fsp3) is 0.143. The molecule has 0 aliphatic carbocycles.